The fraction of sp³-hybridized carbons (Fsp3) is 0.231. The van der Waals surface area contributed by atoms with Gasteiger partial charge in [0.05, 0.1) is 0 Å². The molecule has 0 spiro atoms. The molecule has 0 aromatic carbocycles. The van der Waals surface area contributed by atoms with Crippen LogP contribution in [0, 0.1) is 5.82 Å². The van der Waals surface area contributed by atoms with Crippen LogP contribution in [0.5, 0.6) is 0 Å². The Hall–Kier alpha value is -1.77. The number of aromatic nitrogens is 2. The Bertz CT molecular complexity index is 478. The zero-order valence-electron chi connectivity index (χ0n) is 9.31. The van der Waals surface area contributed by atoms with Gasteiger partial charge in [-0.3, -0.25) is 9.97 Å². The van der Waals surface area contributed by atoms with Crippen LogP contribution in [0.2, 0.25) is 0 Å². The molecule has 0 amide bonds. The van der Waals surface area contributed by atoms with Gasteiger partial charge in [-0.05, 0) is 30.2 Å². The second kappa shape index (κ2) is 4.39. The van der Waals surface area contributed by atoms with Crippen LogP contribution in [0.1, 0.15) is 25.5 Å². The second-order valence-electron chi connectivity index (χ2n) is 3.96. The van der Waals surface area contributed by atoms with Crippen molar-refractivity contribution in [3.05, 3.63) is 48.2 Å². The fourth-order valence-corrected chi connectivity index (χ4v) is 1.49. The van der Waals surface area contributed by atoms with E-state index in [2.05, 4.69) is 23.8 Å². The molecule has 2 aromatic rings. The van der Waals surface area contributed by atoms with E-state index in [1.807, 2.05) is 12.1 Å². The summed E-state index contributed by atoms with van der Waals surface area (Å²) in [6.45, 7) is 4.15. The molecule has 0 aliphatic carbocycles. The summed E-state index contributed by atoms with van der Waals surface area (Å²) in [4.78, 5) is 8.30. The Morgan fingerprint density at radius 1 is 1.12 bits per heavy atom. The Labute approximate surface area is 94.2 Å². The van der Waals surface area contributed by atoms with Crippen molar-refractivity contribution in [1.82, 2.24) is 9.97 Å². The molecule has 82 valence electrons. The van der Waals surface area contributed by atoms with Crippen LogP contribution in [-0.2, 0) is 0 Å². The molecule has 0 aliphatic rings. The zero-order valence-corrected chi connectivity index (χ0v) is 9.31. The van der Waals surface area contributed by atoms with Crippen LogP contribution in [0.15, 0.2) is 36.7 Å². The van der Waals surface area contributed by atoms with Gasteiger partial charge >= 0.3 is 0 Å². The fourth-order valence-electron chi connectivity index (χ4n) is 1.49. The van der Waals surface area contributed by atoms with Gasteiger partial charge < -0.3 is 0 Å². The van der Waals surface area contributed by atoms with Gasteiger partial charge in [-0.25, -0.2) is 4.39 Å². The molecule has 2 rings (SSSR count). The Morgan fingerprint density at radius 2 is 1.94 bits per heavy atom. The highest BCUT2D eigenvalue weighted by molar-refractivity contribution is 5.58. The number of halogens is 1. The normalized spacial score (nSPS) is 10.8. The summed E-state index contributed by atoms with van der Waals surface area (Å²) in [5, 5.41) is 0. The SMILES string of the molecule is CC(C)c1ccc(-c2ncccc2F)cn1. The third-order valence-corrected chi connectivity index (χ3v) is 2.41. The first-order valence-electron chi connectivity index (χ1n) is 5.25. The third kappa shape index (κ3) is 2.08. The van der Waals surface area contributed by atoms with E-state index in [1.165, 1.54) is 6.07 Å². The molecule has 0 fully saturated rings. The Balaban J connectivity index is 2.39. The summed E-state index contributed by atoms with van der Waals surface area (Å²) in [5.74, 6) is 0.0595. The lowest BCUT2D eigenvalue weighted by Crippen LogP contribution is -1.94. The maximum absolute atomic E-state index is 13.4. The van der Waals surface area contributed by atoms with Crippen LogP contribution < -0.4 is 0 Å². The van der Waals surface area contributed by atoms with E-state index in [0.29, 0.717) is 17.2 Å². The zero-order chi connectivity index (χ0) is 11.5. The molecule has 16 heavy (non-hydrogen) atoms. The topological polar surface area (TPSA) is 25.8 Å². The molecule has 0 aliphatic heterocycles. The minimum Gasteiger partial charge on any atom is -0.260 e. The van der Waals surface area contributed by atoms with Crippen molar-refractivity contribution in [3.8, 4) is 11.3 Å². The molecular formula is C13H13FN2. The van der Waals surface area contributed by atoms with E-state index in [9.17, 15) is 4.39 Å². The van der Waals surface area contributed by atoms with Crippen molar-refractivity contribution in [2.75, 3.05) is 0 Å². The number of hydrogen-bond donors (Lipinski definition) is 0. The van der Waals surface area contributed by atoms with Crippen molar-refractivity contribution in [3.63, 3.8) is 0 Å². The number of pyridine rings is 2. The highest BCUT2D eigenvalue weighted by Gasteiger charge is 2.07. The molecule has 3 heteroatoms. The van der Waals surface area contributed by atoms with E-state index >= 15 is 0 Å². The van der Waals surface area contributed by atoms with Gasteiger partial charge in [0.25, 0.3) is 0 Å². The van der Waals surface area contributed by atoms with Crippen LogP contribution in [0.25, 0.3) is 11.3 Å². The average Bonchev–Trinajstić information content (AvgIpc) is 2.30. The molecule has 2 nitrogen and oxygen atoms in total. The summed E-state index contributed by atoms with van der Waals surface area (Å²) >= 11 is 0. The molecule has 2 heterocycles. The van der Waals surface area contributed by atoms with E-state index in [-0.39, 0.29) is 5.82 Å². The molecular weight excluding hydrogens is 203 g/mol. The maximum atomic E-state index is 13.4. The van der Waals surface area contributed by atoms with Crippen LogP contribution in [0.3, 0.4) is 0 Å². The predicted octanol–water partition coefficient (Wildman–Crippen LogP) is 3.41. The van der Waals surface area contributed by atoms with Crippen molar-refractivity contribution in [1.29, 1.82) is 0 Å². The van der Waals surface area contributed by atoms with Gasteiger partial charge in [0.2, 0.25) is 0 Å². The van der Waals surface area contributed by atoms with Gasteiger partial charge in [0.15, 0.2) is 0 Å². The summed E-state index contributed by atoms with van der Waals surface area (Å²) in [6.07, 6.45) is 3.25. The minimum atomic E-state index is -0.318. The Morgan fingerprint density at radius 3 is 2.50 bits per heavy atom. The third-order valence-electron chi connectivity index (χ3n) is 2.41. The first kappa shape index (κ1) is 10.7. The lowest BCUT2D eigenvalue weighted by Gasteiger charge is -2.05. The summed E-state index contributed by atoms with van der Waals surface area (Å²) in [6, 6.07) is 6.75. The summed E-state index contributed by atoms with van der Waals surface area (Å²) < 4.78 is 13.4. The van der Waals surface area contributed by atoms with Crippen LogP contribution >= 0.6 is 0 Å². The predicted molar refractivity (Wildman–Crippen MR) is 61.5 cm³/mol. The molecule has 0 atom stereocenters. The van der Waals surface area contributed by atoms with Gasteiger partial charge in [0.1, 0.15) is 11.5 Å². The van der Waals surface area contributed by atoms with E-state index in [0.717, 1.165) is 5.69 Å². The smallest absolute Gasteiger partial charge is 0.149 e. The van der Waals surface area contributed by atoms with E-state index in [4.69, 9.17) is 0 Å². The van der Waals surface area contributed by atoms with Gasteiger partial charge in [-0.2, -0.15) is 0 Å². The first-order valence-corrected chi connectivity index (χ1v) is 5.25. The quantitative estimate of drug-likeness (QED) is 0.768. The summed E-state index contributed by atoms with van der Waals surface area (Å²) in [7, 11) is 0. The summed E-state index contributed by atoms with van der Waals surface area (Å²) in [5.41, 5.74) is 2.06. The minimum absolute atomic E-state index is 0.318. The van der Waals surface area contributed by atoms with Gasteiger partial charge in [0, 0.05) is 23.7 Å². The molecule has 2 aromatic heterocycles. The molecule has 0 saturated heterocycles. The highest BCUT2D eigenvalue weighted by Crippen LogP contribution is 2.20. The highest BCUT2D eigenvalue weighted by atomic mass is 19.1. The first-order chi connectivity index (χ1) is 7.68. The van der Waals surface area contributed by atoms with Crippen molar-refractivity contribution in [2.24, 2.45) is 0 Å². The average molecular weight is 216 g/mol. The van der Waals surface area contributed by atoms with Crippen LogP contribution in [-0.4, -0.2) is 9.97 Å². The largest absolute Gasteiger partial charge is 0.260 e. The monoisotopic (exact) mass is 216 g/mol. The second-order valence-corrected chi connectivity index (χ2v) is 3.96. The standard InChI is InChI=1S/C13H13FN2/c1-9(2)12-6-5-10(8-16-12)13-11(14)4-3-7-15-13/h3-9H,1-2H3. The van der Waals surface area contributed by atoms with Crippen molar-refractivity contribution in [2.45, 2.75) is 19.8 Å². The number of nitrogens with zero attached hydrogens (tertiary/aromatic N) is 2. The lowest BCUT2D eigenvalue weighted by molar-refractivity contribution is 0.625. The Kier molecular flexibility index (Phi) is 2.95. The van der Waals surface area contributed by atoms with E-state index in [1.54, 1.807) is 18.5 Å². The maximum Gasteiger partial charge on any atom is 0.149 e. The molecule has 0 bridgehead atoms. The van der Waals surface area contributed by atoms with Gasteiger partial charge in [-0.15, -0.1) is 0 Å². The van der Waals surface area contributed by atoms with Crippen molar-refractivity contribution < 1.29 is 4.39 Å². The number of hydrogen-bond acceptors (Lipinski definition) is 2. The molecule has 0 saturated carbocycles. The van der Waals surface area contributed by atoms with Crippen LogP contribution in [0.4, 0.5) is 4.39 Å². The number of rotatable bonds is 2. The van der Waals surface area contributed by atoms with Gasteiger partial charge in [-0.1, -0.05) is 13.8 Å². The molecule has 0 unspecified atom stereocenters. The van der Waals surface area contributed by atoms with E-state index < -0.39 is 0 Å². The molecule has 0 radical (unpaired) electrons. The van der Waals surface area contributed by atoms with Crippen molar-refractivity contribution >= 4 is 0 Å². The lowest BCUT2D eigenvalue weighted by atomic mass is 10.1. The molecule has 0 N–H and O–H groups in total.